The molecule has 3 heteroatoms. The van der Waals surface area contributed by atoms with E-state index < -0.39 is 0 Å². The van der Waals surface area contributed by atoms with Gasteiger partial charge in [0.05, 0.1) is 0 Å². The predicted octanol–water partition coefficient (Wildman–Crippen LogP) is 0.996. The Bertz CT molecular complexity index is 37.4. The number of hydrogen-bond donors (Lipinski definition) is 1. The molecule has 0 saturated carbocycles. The van der Waals surface area contributed by atoms with Gasteiger partial charge < -0.3 is 0 Å². The van der Waals surface area contributed by atoms with Crippen molar-refractivity contribution >= 4 is 32.9 Å². The molecule has 0 saturated heterocycles. The zero-order valence-corrected chi connectivity index (χ0v) is 9.20. The van der Waals surface area contributed by atoms with E-state index in [1.165, 1.54) is 8.21 Å². The predicted molar refractivity (Wildman–Crippen MR) is 42.6 cm³/mol. The molecule has 0 aromatic heterocycles. The van der Waals surface area contributed by atoms with E-state index in [2.05, 4.69) is 12.2 Å². The fourth-order valence-corrected chi connectivity index (χ4v) is 4.84. The molecule has 0 aliphatic carbocycles. The molecule has 46 valence electrons. The maximum absolute atomic E-state index is 3.12. The average molecular weight is 238 g/mol. The van der Waals surface area contributed by atoms with E-state index in [4.69, 9.17) is 0 Å². The molecule has 8 heavy (non-hydrogen) atoms. The first-order chi connectivity index (χ1) is 3.91. The van der Waals surface area contributed by atoms with Crippen LogP contribution in [0.15, 0.2) is 0 Å². The van der Waals surface area contributed by atoms with Crippen LogP contribution in [0.3, 0.4) is 0 Å². The molecule has 0 aromatic carbocycles. The monoisotopic (exact) mass is 239 g/mol. The van der Waals surface area contributed by atoms with Crippen molar-refractivity contribution in [3.8, 4) is 0 Å². The zero-order chi connectivity index (χ0) is 6.24. The van der Waals surface area contributed by atoms with Gasteiger partial charge in [0.1, 0.15) is 0 Å². The Morgan fingerprint density at radius 2 is 2.38 bits per heavy atom. The Hall–Kier alpha value is 1.11. The molecule has 0 rings (SSSR count). The molecule has 0 spiro atoms. The molecule has 0 radical (unpaired) electrons. The first-order valence-electron chi connectivity index (χ1n) is 2.85. The Morgan fingerprint density at radius 1 is 1.62 bits per heavy atom. The summed E-state index contributed by atoms with van der Waals surface area (Å²) in [6.07, 6.45) is 0. The van der Waals surface area contributed by atoms with E-state index in [0.717, 1.165) is 5.88 Å². The van der Waals surface area contributed by atoms with Crippen molar-refractivity contribution in [2.75, 3.05) is 16.7 Å². The minimum atomic E-state index is 0.0938. The third-order valence-corrected chi connectivity index (χ3v) is 6.52. The van der Waals surface area contributed by atoms with Gasteiger partial charge in [0.25, 0.3) is 0 Å². The molecule has 0 heterocycles. The van der Waals surface area contributed by atoms with Crippen LogP contribution in [-0.4, -0.2) is 37.8 Å². The molecule has 1 nitrogen and oxygen atoms in total. The molecule has 0 aromatic rings. The maximum atomic E-state index is 3.12. The Labute approximate surface area is 66.2 Å². The summed E-state index contributed by atoms with van der Waals surface area (Å²) in [6, 6.07) is 0. The Morgan fingerprint density at radius 3 is 2.88 bits per heavy atom. The fraction of sp³-hybridized carbons (Fsp3) is 1.00. The first kappa shape index (κ1) is 9.11. The summed E-state index contributed by atoms with van der Waals surface area (Å²) in [5, 5.41) is 3.12. The molecule has 0 atom stereocenters. The van der Waals surface area contributed by atoms with Gasteiger partial charge in [0, 0.05) is 0 Å². The Kier molecular flexibility index (Phi) is 9.23. The zero-order valence-electron chi connectivity index (χ0n) is 5.53. The van der Waals surface area contributed by atoms with Gasteiger partial charge in [-0.15, -0.1) is 0 Å². The van der Waals surface area contributed by atoms with Gasteiger partial charge in [-0.05, 0) is 0 Å². The van der Waals surface area contributed by atoms with Gasteiger partial charge in [-0.1, -0.05) is 0 Å². The molecule has 0 aliphatic heterocycles. The van der Waals surface area contributed by atoms with E-state index in [-0.39, 0.29) is 21.1 Å². The Balaban J connectivity index is 2.53. The van der Waals surface area contributed by atoms with Crippen LogP contribution in [0.2, 0.25) is 4.44 Å². The summed E-state index contributed by atoms with van der Waals surface area (Å²) in [5.74, 6) is 1.14. The number of rotatable bonds is 5. The number of nitrogens with one attached hydrogen (secondary N) is 1. The summed E-state index contributed by atoms with van der Waals surface area (Å²) >= 11 is 2.14. The molecular formula is C5H13NSSn+2. The van der Waals surface area contributed by atoms with E-state index in [1.807, 2.05) is 18.8 Å². The van der Waals surface area contributed by atoms with Crippen LogP contribution >= 0.6 is 11.8 Å². The standard InChI is InChI=1S/C3H8NS.C2H5.Sn/c1-4-3-5-2;1-2;/h4H,2-3H2,1H3;1H2,2H3;/q;;+2. The molecule has 0 aliphatic rings. The molecule has 0 amide bonds. The number of thioether (sulfide) groups is 1. The average Bonchev–Trinajstić information content (AvgIpc) is 1.81. The van der Waals surface area contributed by atoms with Gasteiger partial charge in [-0.25, -0.2) is 0 Å². The molecule has 0 fully saturated rings. The first-order valence-corrected chi connectivity index (χ1v) is 8.04. The number of hydrogen-bond acceptors (Lipinski definition) is 2. The van der Waals surface area contributed by atoms with Crippen molar-refractivity contribution in [1.82, 2.24) is 5.32 Å². The summed E-state index contributed by atoms with van der Waals surface area (Å²) in [4.78, 5) is 0. The third kappa shape index (κ3) is 7.11. The van der Waals surface area contributed by atoms with Crippen LogP contribution in [0.5, 0.6) is 0 Å². The topological polar surface area (TPSA) is 12.0 Å². The van der Waals surface area contributed by atoms with E-state index in [1.54, 1.807) is 0 Å². The van der Waals surface area contributed by atoms with E-state index in [0.29, 0.717) is 0 Å². The van der Waals surface area contributed by atoms with Gasteiger partial charge in [0.15, 0.2) is 0 Å². The normalized spacial score (nSPS) is 8.75. The van der Waals surface area contributed by atoms with Crippen LogP contribution in [0.1, 0.15) is 6.92 Å². The molecule has 0 unspecified atom stereocenters. The van der Waals surface area contributed by atoms with Crippen molar-refractivity contribution in [2.45, 2.75) is 11.4 Å². The molecule has 1 N–H and O–H groups in total. The van der Waals surface area contributed by atoms with Crippen LogP contribution in [0, 0.1) is 0 Å². The van der Waals surface area contributed by atoms with E-state index >= 15 is 0 Å². The molecular weight excluding hydrogens is 225 g/mol. The second kappa shape index (κ2) is 8.11. The van der Waals surface area contributed by atoms with Crippen molar-refractivity contribution in [1.29, 1.82) is 0 Å². The van der Waals surface area contributed by atoms with Gasteiger partial charge in [-0.2, -0.15) is 0 Å². The van der Waals surface area contributed by atoms with E-state index in [9.17, 15) is 0 Å². The second-order valence-corrected chi connectivity index (χ2v) is 8.35. The van der Waals surface area contributed by atoms with Crippen molar-refractivity contribution in [3.63, 3.8) is 0 Å². The minimum absolute atomic E-state index is 0.0938. The summed E-state index contributed by atoms with van der Waals surface area (Å²) in [6.45, 7) is 2.30. The SMILES string of the molecule is C[CH2][Sn+2][CH2]SCNC. The summed E-state index contributed by atoms with van der Waals surface area (Å²) in [7, 11) is 2.00. The van der Waals surface area contributed by atoms with Gasteiger partial charge >= 0.3 is 66.3 Å². The second-order valence-electron chi connectivity index (χ2n) is 1.45. The van der Waals surface area contributed by atoms with Crippen LogP contribution < -0.4 is 5.32 Å². The summed E-state index contributed by atoms with van der Waals surface area (Å²) < 4.78 is 2.96. The van der Waals surface area contributed by atoms with Crippen LogP contribution in [0.4, 0.5) is 0 Å². The quantitative estimate of drug-likeness (QED) is 0.435. The van der Waals surface area contributed by atoms with Crippen molar-refractivity contribution < 1.29 is 0 Å². The summed E-state index contributed by atoms with van der Waals surface area (Å²) in [5.41, 5.74) is 0. The van der Waals surface area contributed by atoms with Crippen LogP contribution in [0.25, 0.3) is 0 Å². The fourth-order valence-electron chi connectivity index (χ4n) is 0.327. The van der Waals surface area contributed by atoms with Crippen LogP contribution in [-0.2, 0) is 0 Å². The van der Waals surface area contributed by atoms with Crippen molar-refractivity contribution in [3.05, 3.63) is 0 Å². The third-order valence-electron chi connectivity index (χ3n) is 0.701. The molecule has 0 bridgehead atoms. The van der Waals surface area contributed by atoms with Crippen molar-refractivity contribution in [2.24, 2.45) is 0 Å². The van der Waals surface area contributed by atoms with Gasteiger partial charge in [0.2, 0.25) is 0 Å². The van der Waals surface area contributed by atoms with Gasteiger partial charge in [-0.3, -0.25) is 0 Å².